The lowest BCUT2D eigenvalue weighted by Gasteiger charge is -1.98. The molecule has 54 valence electrons. The molecule has 0 aliphatic carbocycles. The maximum Gasteiger partial charge on any atom is 0.00134 e. The molecule has 1 unspecified atom stereocenters. The van der Waals surface area contributed by atoms with Gasteiger partial charge in [0, 0.05) is 6.04 Å². The molecule has 1 nitrogen and oxygen atoms in total. The zero-order chi connectivity index (χ0) is 7.11. The number of hydrogen-bond donors (Lipinski definition) is 1. The van der Waals surface area contributed by atoms with Gasteiger partial charge in [-0.3, -0.25) is 0 Å². The molecule has 1 atom stereocenters. The lowest BCUT2D eigenvalue weighted by atomic mass is 10.2. The second-order valence-corrected chi connectivity index (χ2v) is 2.43. The van der Waals surface area contributed by atoms with E-state index in [2.05, 4.69) is 19.1 Å². The molecule has 0 heterocycles. The zero-order valence-electron chi connectivity index (χ0n) is 6.43. The van der Waals surface area contributed by atoms with Gasteiger partial charge in [0.05, 0.1) is 0 Å². The molecular weight excluding hydrogens is 110 g/mol. The predicted molar refractivity (Wildman–Crippen MR) is 42.3 cm³/mol. The van der Waals surface area contributed by atoms with Crippen LogP contribution >= 0.6 is 0 Å². The molecule has 0 saturated heterocycles. The quantitative estimate of drug-likeness (QED) is 0.575. The first-order valence-electron chi connectivity index (χ1n) is 3.68. The van der Waals surface area contributed by atoms with Gasteiger partial charge in [0.2, 0.25) is 0 Å². The Bertz CT molecular complexity index is 74.6. The van der Waals surface area contributed by atoms with E-state index in [9.17, 15) is 0 Å². The third-order valence-corrected chi connectivity index (χ3v) is 1.19. The Balaban J connectivity index is 2.99. The van der Waals surface area contributed by atoms with Gasteiger partial charge in [-0.05, 0) is 26.2 Å². The van der Waals surface area contributed by atoms with Crippen molar-refractivity contribution in [2.24, 2.45) is 5.73 Å². The second-order valence-electron chi connectivity index (χ2n) is 2.43. The predicted octanol–water partition coefficient (Wildman–Crippen LogP) is 2.08. The summed E-state index contributed by atoms with van der Waals surface area (Å²) in [5.74, 6) is 0. The van der Waals surface area contributed by atoms with Crippen molar-refractivity contribution >= 4 is 0 Å². The molecule has 9 heavy (non-hydrogen) atoms. The minimum Gasteiger partial charge on any atom is -0.328 e. The molecule has 2 N–H and O–H groups in total. The van der Waals surface area contributed by atoms with Crippen molar-refractivity contribution in [1.82, 2.24) is 0 Å². The Hall–Kier alpha value is -0.300. The summed E-state index contributed by atoms with van der Waals surface area (Å²) < 4.78 is 0. The molecule has 0 radical (unpaired) electrons. The smallest absolute Gasteiger partial charge is 0.00134 e. The number of rotatable bonds is 4. The number of allylic oxidation sites excluding steroid dienone is 2. The standard InChI is InChI=1S/C8H17N/c1-3-4-5-6-7-8(2)9/h4-5,8H,3,6-7,9H2,1-2H3/b5-4-. The first-order chi connectivity index (χ1) is 4.27. The summed E-state index contributed by atoms with van der Waals surface area (Å²) in [7, 11) is 0. The second kappa shape index (κ2) is 5.83. The van der Waals surface area contributed by atoms with Gasteiger partial charge < -0.3 is 5.73 Å². The highest BCUT2D eigenvalue weighted by Gasteiger charge is 1.88. The molecule has 0 aromatic carbocycles. The molecule has 0 rings (SSSR count). The molecule has 0 bridgehead atoms. The van der Waals surface area contributed by atoms with E-state index in [0.29, 0.717) is 6.04 Å². The van der Waals surface area contributed by atoms with E-state index in [1.165, 1.54) is 0 Å². The van der Waals surface area contributed by atoms with Gasteiger partial charge >= 0.3 is 0 Å². The van der Waals surface area contributed by atoms with Crippen molar-refractivity contribution in [3.05, 3.63) is 12.2 Å². The SMILES string of the molecule is CC/C=C\CCC(C)N. The van der Waals surface area contributed by atoms with Crippen LogP contribution in [0.25, 0.3) is 0 Å². The summed E-state index contributed by atoms with van der Waals surface area (Å²) in [6.45, 7) is 4.18. The fraction of sp³-hybridized carbons (Fsp3) is 0.750. The van der Waals surface area contributed by atoms with E-state index in [4.69, 9.17) is 5.73 Å². The van der Waals surface area contributed by atoms with Crippen LogP contribution in [0.15, 0.2) is 12.2 Å². The van der Waals surface area contributed by atoms with Crippen LogP contribution in [-0.4, -0.2) is 6.04 Å². The van der Waals surface area contributed by atoms with Crippen LogP contribution in [0.5, 0.6) is 0 Å². The summed E-state index contributed by atoms with van der Waals surface area (Å²) >= 11 is 0. The van der Waals surface area contributed by atoms with Crippen LogP contribution in [0, 0.1) is 0 Å². The largest absolute Gasteiger partial charge is 0.328 e. The van der Waals surface area contributed by atoms with Crippen LogP contribution in [-0.2, 0) is 0 Å². The topological polar surface area (TPSA) is 26.0 Å². The average molecular weight is 127 g/mol. The molecule has 0 aliphatic heterocycles. The number of hydrogen-bond acceptors (Lipinski definition) is 1. The first kappa shape index (κ1) is 8.70. The third kappa shape index (κ3) is 7.70. The molecule has 0 aromatic rings. The fourth-order valence-electron chi connectivity index (χ4n) is 0.644. The van der Waals surface area contributed by atoms with Crippen molar-refractivity contribution in [1.29, 1.82) is 0 Å². The van der Waals surface area contributed by atoms with Crippen LogP contribution in [0.4, 0.5) is 0 Å². The van der Waals surface area contributed by atoms with Gasteiger partial charge in [-0.25, -0.2) is 0 Å². The summed E-state index contributed by atoms with van der Waals surface area (Å²) in [5, 5.41) is 0. The molecule has 0 saturated carbocycles. The van der Waals surface area contributed by atoms with Gasteiger partial charge in [-0.1, -0.05) is 19.1 Å². The van der Waals surface area contributed by atoms with Crippen molar-refractivity contribution in [2.45, 2.75) is 39.2 Å². The average Bonchev–Trinajstić information content (AvgIpc) is 1.80. The van der Waals surface area contributed by atoms with E-state index in [1.54, 1.807) is 0 Å². The van der Waals surface area contributed by atoms with Crippen molar-refractivity contribution in [3.63, 3.8) is 0 Å². The molecule has 0 amide bonds. The third-order valence-electron chi connectivity index (χ3n) is 1.19. The highest BCUT2D eigenvalue weighted by Crippen LogP contribution is 1.94. The molecule has 0 aliphatic rings. The maximum absolute atomic E-state index is 5.54. The Morgan fingerprint density at radius 3 is 2.56 bits per heavy atom. The van der Waals surface area contributed by atoms with Crippen molar-refractivity contribution in [3.8, 4) is 0 Å². The molecular formula is C8H17N. The molecule has 0 spiro atoms. The van der Waals surface area contributed by atoms with E-state index >= 15 is 0 Å². The minimum absolute atomic E-state index is 0.353. The van der Waals surface area contributed by atoms with Crippen LogP contribution in [0.3, 0.4) is 0 Å². The maximum atomic E-state index is 5.54. The lowest BCUT2D eigenvalue weighted by molar-refractivity contribution is 0.675. The van der Waals surface area contributed by atoms with Crippen molar-refractivity contribution in [2.75, 3.05) is 0 Å². The summed E-state index contributed by atoms with van der Waals surface area (Å²) in [5.41, 5.74) is 5.54. The van der Waals surface area contributed by atoms with Gasteiger partial charge in [0.15, 0.2) is 0 Å². The minimum atomic E-state index is 0.353. The van der Waals surface area contributed by atoms with Gasteiger partial charge in [-0.2, -0.15) is 0 Å². The molecule has 0 aromatic heterocycles. The normalized spacial score (nSPS) is 14.6. The summed E-state index contributed by atoms with van der Waals surface area (Å²) in [4.78, 5) is 0. The van der Waals surface area contributed by atoms with E-state index in [1.807, 2.05) is 6.92 Å². The van der Waals surface area contributed by atoms with Crippen LogP contribution in [0.1, 0.15) is 33.1 Å². The summed E-state index contributed by atoms with van der Waals surface area (Å²) in [6.07, 6.45) is 7.76. The van der Waals surface area contributed by atoms with E-state index in [-0.39, 0.29) is 0 Å². The van der Waals surface area contributed by atoms with E-state index < -0.39 is 0 Å². The number of nitrogens with two attached hydrogens (primary N) is 1. The lowest BCUT2D eigenvalue weighted by Crippen LogP contribution is -2.13. The van der Waals surface area contributed by atoms with Gasteiger partial charge in [0.1, 0.15) is 0 Å². The zero-order valence-corrected chi connectivity index (χ0v) is 6.43. The Morgan fingerprint density at radius 2 is 2.11 bits per heavy atom. The highest BCUT2D eigenvalue weighted by atomic mass is 14.6. The van der Waals surface area contributed by atoms with Crippen LogP contribution < -0.4 is 5.73 Å². The first-order valence-corrected chi connectivity index (χ1v) is 3.68. The Morgan fingerprint density at radius 1 is 1.44 bits per heavy atom. The monoisotopic (exact) mass is 127 g/mol. The van der Waals surface area contributed by atoms with Crippen LogP contribution in [0.2, 0.25) is 0 Å². The highest BCUT2D eigenvalue weighted by molar-refractivity contribution is 4.80. The van der Waals surface area contributed by atoms with Crippen molar-refractivity contribution < 1.29 is 0 Å². The molecule has 0 fully saturated rings. The Kier molecular flexibility index (Phi) is 5.64. The molecule has 1 heteroatoms. The Labute approximate surface area is 57.9 Å². The van der Waals surface area contributed by atoms with Gasteiger partial charge in [0.25, 0.3) is 0 Å². The van der Waals surface area contributed by atoms with Gasteiger partial charge in [-0.15, -0.1) is 0 Å². The summed E-state index contributed by atoms with van der Waals surface area (Å²) in [6, 6.07) is 0.353. The fourth-order valence-corrected chi connectivity index (χ4v) is 0.644. The van der Waals surface area contributed by atoms with E-state index in [0.717, 1.165) is 19.3 Å².